The van der Waals surface area contributed by atoms with Crippen LogP contribution in [0.2, 0.25) is 0 Å². The summed E-state index contributed by atoms with van der Waals surface area (Å²) >= 11 is 0. The maximum absolute atomic E-state index is 12.0. The van der Waals surface area contributed by atoms with Gasteiger partial charge in [-0.25, -0.2) is 0 Å². The Bertz CT molecular complexity index is 707. The van der Waals surface area contributed by atoms with Gasteiger partial charge in [0.05, 0.1) is 20.2 Å². The smallest absolute Gasteiger partial charge is 0.258 e. The van der Waals surface area contributed by atoms with Crippen LogP contribution in [-0.2, 0) is 17.9 Å². The Balaban J connectivity index is 1.38. The summed E-state index contributed by atoms with van der Waals surface area (Å²) in [7, 11) is 1.62. The number of piperidine rings is 1. The van der Waals surface area contributed by atoms with Crippen molar-refractivity contribution in [1.29, 1.82) is 0 Å². The number of methoxy groups -OCH3 is 1. The van der Waals surface area contributed by atoms with Gasteiger partial charge in [0, 0.05) is 12.1 Å². The second-order valence-corrected chi connectivity index (χ2v) is 7.04. The standard InChI is InChI=1S/C22H28N2O3/c1-26-20-9-11-21(12-10-20)27-17-22(25)23-15-18-5-7-19(8-6-18)16-24-13-3-2-4-14-24/h5-12H,2-4,13-17H2,1H3,(H,23,25)/p+1. The number of hydrogen-bond donors (Lipinski definition) is 2. The van der Waals surface area contributed by atoms with Crippen LogP contribution in [0.5, 0.6) is 11.5 Å². The predicted octanol–water partition coefficient (Wildman–Crippen LogP) is 1.96. The summed E-state index contributed by atoms with van der Waals surface area (Å²) in [5.41, 5.74) is 2.47. The molecular weight excluding hydrogens is 340 g/mol. The molecule has 2 aromatic rings. The molecule has 5 heteroatoms. The summed E-state index contributed by atoms with van der Waals surface area (Å²) in [4.78, 5) is 13.7. The predicted molar refractivity (Wildman–Crippen MR) is 105 cm³/mol. The molecule has 1 amide bonds. The summed E-state index contributed by atoms with van der Waals surface area (Å²) in [5.74, 6) is 1.28. The first-order chi connectivity index (χ1) is 13.2. The quantitative estimate of drug-likeness (QED) is 0.748. The van der Waals surface area contributed by atoms with E-state index in [1.165, 1.54) is 37.9 Å². The third-order valence-corrected chi connectivity index (χ3v) is 4.96. The van der Waals surface area contributed by atoms with Gasteiger partial charge in [0.2, 0.25) is 0 Å². The molecule has 5 nitrogen and oxygen atoms in total. The lowest BCUT2D eigenvalue weighted by atomic mass is 10.1. The molecule has 0 atom stereocenters. The van der Waals surface area contributed by atoms with Crippen molar-refractivity contribution in [3.8, 4) is 11.5 Å². The minimum atomic E-state index is -0.132. The number of ether oxygens (including phenoxy) is 2. The zero-order chi connectivity index (χ0) is 18.9. The molecule has 1 fully saturated rings. The molecule has 144 valence electrons. The fourth-order valence-electron chi connectivity index (χ4n) is 3.36. The van der Waals surface area contributed by atoms with Crippen LogP contribution in [0.15, 0.2) is 48.5 Å². The second kappa shape index (κ2) is 9.97. The van der Waals surface area contributed by atoms with E-state index in [-0.39, 0.29) is 12.5 Å². The molecule has 1 aliphatic rings. The van der Waals surface area contributed by atoms with Gasteiger partial charge in [-0.2, -0.15) is 0 Å². The van der Waals surface area contributed by atoms with E-state index in [1.807, 2.05) is 0 Å². The number of carbonyl (C=O) groups is 1. The van der Waals surface area contributed by atoms with E-state index in [0.717, 1.165) is 17.9 Å². The molecule has 0 bridgehead atoms. The van der Waals surface area contributed by atoms with Crippen LogP contribution in [0.25, 0.3) is 0 Å². The summed E-state index contributed by atoms with van der Waals surface area (Å²) in [6.45, 7) is 4.19. The van der Waals surface area contributed by atoms with E-state index in [1.54, 1.807) is 36.3 Å². The van der Waals surface area contributed by atoms with Crippen molar-refractivity contribution in [2.45, 2.75) is 32.4 Å². The minimum Gasteiger partial charge on any atom is -0.497 e. The van der Waals surface area contributed by atoms with E-state index in [9.17, 15) is 4.79 Å². The number of amides is 1. The monoisotopic (exact) mass is 369 g/mol. The molecule has 0 radical (unpaired) electrons. The lowest BCUT2D eigenvalue weighted by Gasteiger charge is -2.23. The maximum atomic E-state index is 12.0. The molecule has 27 heavy (non-hydrogen) atoms. The van der Waals surface area contributed by atoms with Gasteiger partial charge in [-0.15, -0.1) is 0 Å². The first-order valence-electron chi connectivity index (χ1n) is 9.68. The van der Waals surface area contributed by atoms with Crippen molar-refractivity contribution < 1.29 is 19.2 Å². The Kier molecular flexibility index (Phi) is 7.11. The normalized spacial score (nSPS) is 14.6. The highest BCUT2D eigenvalue weighted by atomic mass is 16.5. The topological polar surface area (TPSA) is 52.0 Å². The molecule has 1 aliphatic heterocycles. The van der Waals surface area contributed by atoms with Gasteiger partial charge in [0.25, 0.3) is 5.91 Å². The Morgan fingerprint density at radius 2 is 1.56 bits per heavy atom. The van der Waals surface area contributed by atoms with Gasteiger partial charge >= 0.3 is 0 Å². The number of rotatable bonds is 8. The Hall–Kier alpha value is -2.53. The molecule has 0 saturated carbocycles. The fraction of sp³-hybridized carbons (Fsp3) is 0.409. The van der Waals surface area contributed by atoms with Crippen LogP contribution < -0.4 is 19.7 Å². The number of hydrogen-bond acceptors (Lipinski definition) is 3. The summed E-state index contributed by atoms with van der Waals surface area (Å²) in [6, 6.07) is 15.7. The first-order valence-corrected chi connectivity index (χ1v) is 9.68. The molecule has 0 aliphatic carbocycles. The number of quaternary nitrogens is 1. The minimum absolute atomic E-state index is 0.00271. The first kappa shape index (κ1) is 19.2. The Morgan fingerprint density at radius 3 is 2.22 bits per heavy atom. The van der Waals surface area contributed by atoms with Crippen molar-refractivity contribution in [2.75, 3.05) is 26.8 Å². The van der Waals surface area contributed by atoms with Gasteiger partial charge in [-0.3, -0.25) is 4.79 Å². The van der Waals surface area contributed by atoms with Crippen LogP contribution >= 0.6 is 0 Å². The molecule has 0 spiro atoms. The van der Waals surface area contributed by atoms with Crippen LogP contribution in [0.3, 0.4) is 0 Å². The van der Waals surface area contributed by atoms with Crippen molar-refractivity contribution in [1.82, 2.24) is 5.32 Å². The molecule has 0 aromatic heterocycles. The maximum Gasteiger partial charge on any atom is 0.258 e. The molecule has 0 unspecified atom stereocenters. The van der Waals surface area contributed by atoms with Gasteiger partial charge in [0.1, 0.15) is 18.0 Å². The lowest BCUT2D eigenvalue weighted by molar-refractivity contribution is -0.918. The molecule has 2 N–H and O–H groups in total. The average Bonchev–Trinajstić information content (AvgIpc) is 2.73. The van der Waals surface area contributed by atoms with E-state index in [2.05, 4.69) is 29.6 Å². The van der Waals surface area contributed by atoms with E-state index < -0.39 is 0 Å². The second-order valence-electron chi connectivity index (χ2n) is 7.04. The summed E-state index contributed by atoms with van der Waals surface area (Å²) in [6.07, 6.45) is 4.07. The van der Waals surface area contributed by atoms with Crippen LogP contribution in [0, 0.1) is 0 Å². The number of carbonyl (C=O) groups excluding carboxylic acids is 1. The summed E-state index contributed by atoms with van der Waals surface area (Å²) < 4.78 is 10.6. The van der Waals surface area contributed by atoms with E-state index in [4.69, 9.17) is 9.47 Å². The van der Waals surface area contributed by atoms with Crippen LogP contribution in [-0.4, -0.2) is 32.7 Å². The third-order valence-electron chi connectivity index (χ3n) is 4.96. The van der Waals surface area contributed by atoms with Crippen LogP contribution in [0.4, 0.5) is 0 Å². The molecular formula is C22H29N2O3+. The number of benzene rings is 2. The molecule has 2 aromatic carbocycles. The highest BCUT2D eigenvalue weighted by molar-refractivity contribution is 5.77. The SMILES string of the molecule is COc1ccc(OCC(=O)NCc2ccc(C[NH+]3CCCCC3)cc2)cc1. The van der Waals surface area contributed by atoms with Crippen molar-refractivity contribution in [3.63, 3.8) is 0 Å². The zero-order valence-corrected chi connectivity index (χ0v) is 16.0. The highest BCUT2D eigenvalue weighted by Gasteiger charge is 2.13. The summed E-state index contributed by atoms with van der Waals surface area (Å²) in [5, 5.41) is 2.90. The van der Waals surface area contributed by atoms with Crippen molar-refractivity contribution in [2.24, 2.45) is 0 Å². The van der Waals surface area contributed by atoms with Crippen molar-refractivity contribution >= 4 is 5.91 Å². The number of nitrogens with one attached hydrogen (secondary N) is 2. The fourth-order valence-corrected chi connectivity index (χ4v) is 3.36. The van der Waals surface area contributed by atoms with Gasteiger partial charge in [-0.1, -0.05) is 24.3 Å². The average molecular weight is 369 g/mol. The van der Waals surface area contributed by atoms with E-state index in [0.29, 0.717) is 12.3 Å². The van der Waals surface area contributed by atoms with Gasteiger partial charge in [0.15, 0.2) is 6.61 Å². The van der Waals surface area contributed by atoms with Gasteiger partial charge < -0.3 is 19.7 Å². The lowest BCUT2D eigenvalue weighted by Crippen LogP contribution is -3.11. The van der Waals surface area contributed by atoms with Gasteiger partial charge in [-0.05, 0) is 49.1 Å². The largest absolute Gasteiger partial charge is 0.497 e. The third kappa shape index (κ3) is 6.29. The Morgan fingerprint density at radius 1 is 0.926 bits per heavy atom. The molecule has 1 saturated heterocycles. The van der Waals surface area contributed by atoms with Crippen LogP contribution in [0.1, 0.15) is 30.4 Å². The highest BCUT2D eigenvalue weighted by Crippen LogP contribution is 2.16. The Labute approximate surface area is 161 Å². The van der Waals surface area contributed by atoms with Crippen molar-refractivity contribution in [3.05, 3.63) is 59.7 Å². The molecule has 3 rings (SSSR count). The zero-order valence-electron chi connectivity index (χ0n) is 16.0. The van der Waals surface area contributed by atoms with E-state index >= 15 is 0 Å². The molecule has 1 heterocycles. The number of likely N-dealkylation sites (tertiary alicyclic amines) is 1.